The summed E-state index contributed by atoms with van der Waals surface area (Å²) in [6.07, 6.45) is 8.46. The Bertz CT molecular complexity index is 488. The van der Waals surface area contributed by atoms with Gasteiger partial charge < -0.3 is 5.32 Å². The molecule has 2 heterocycles. The zero-order valence-corrected chi connectivity index (χ0v) is 11.1. The summed E-state index contributed by atoms with van der Waals surface area (Å²) in [5.41, 5.74) is 3.12. The molecule has 0 aromatic carbocycles. The molecule has 0 saturated heterocycles. The molecule has 0 spiro atoms. The molecule has 2 rings (SSSR count). The molecule has 1 unspecified atom stereocenters. The molecule has 1 atom stereocenters. The lowest BCUT2D eigenvalue weighted by Gasteiger charge is -2.16. The van der Waals surface area contributed by atoms with Gasteiger partial charge in [-0.3, -0.25) is 14.6 Å². The molecule has 18 heavy (non-hydrogen) atoms. The van der Waals surface area contributed by atoms with E-state index in [2.05, 4.69) is 27.3 Å². The fraction of sp³-hybridized carbons (Fsp3) is 0.462. The van der Waals surface area contributed by atoms with E-state index in [9.17, 15) is 0 Å². The minimum absolute atomic E-state index is 0.187. The third kappa shape index (κ3) is 3.13. The Morgan fingerprint density at radius 2 is 2.11 bits per heavy atom. The van der Waals surface area contributed by atoms with E-state index in [0.29, 0.717) is 0 Å². The second kappa shape index (κ2) is 5.73. The molecule has 0 saturated carbocycles. The molecule has 5 nitrogen and oxygen atoms in total. The molecule has 0 amide bonds. The fourth-order valence-electron chi connectivity index (χ4n) is 1.92. The molecule has 0 radical (unpaired) electrons. The summed E-state index contributed by atoms with van der Waals surface area (Å²) >= 11 is 0. The van der Waals surface area contributed by atoms with Crippen molar-refractivity contribution in [3.63, 3.8) is 0 Å². The van der Waals surface area contributed by atoms with Crippen molar-refractivity contribution in [2.75, 3.05) is 6.54 Å². The molecule has 0 fully saturated rings. The van der Waals surface area contributed by atoms with Crippen LogP contribution in [0.1, 0.15) is 29.9 Å². The van der Waals surface area contributed by atoms with Crippen LogP contribution in [0.2, 0.25) is 0 Å². The largest absolute Gasteiger partial charge is 0.309 e. The third-order valence-electron chi connectivity index (χ3n) is 2.81. The Kier molecular flexibility index (Phi) is 4.04. The van der Waals surface area contributed by atoms with Crippen molar-refractivity contribution in [3.05, 3.63) is 41.7 Å². The first-order chi connectivity index (χ1) is 8.69. The minimum atomic E-state index is 0.187. The van der Waals surface area contributed by atoms with Crippen molar-refractivity contribution in [2.45, 2.75) is 26.3 Å². The van der Waals surface area contributed by atoms with Crippen LogP contribution in [0.3, 0.4) is 0 Å². The van der Waals surface area contributed by atoms with Gasteiger partial charge in [0.15, 0.2) is 0 Å². The van der Waals surface area contributed by atoms with Crippen LogP contribution in [-0.2, 0) is 13.5 Å². The second-order valence-corrected chi connectivity index (χ2v) is 4.42. The average Bonchev–Trinajstić information content (AvgIpc) is 2.75. The number of hydrogen-bond donors (Lipinski definition) is 1. The molecule has 2 aromatic rings. The van der Waals surface area contributed by atoms with Gasteiger partial charge in [-0.2, -0.15) is 5.10 Å². The van der Waals surface area contributed by atoms with Crippen LogP contribution in [0.15, 0.2) is 24.8 Å². The van der Waals surface area contributed by atoms with Gasteiger partial charge in [0.2, 0.25) is 0 Å². The zero-order valence-electron chi connectivity index (χ0n) is 11.1. The van der Waals surface area contributed by atoms with Crippen LogP contribution in [0.4, 0.5) is 0 Å². The molecule has 1 N–H and O–H groups in total. The maximum Gasteiger partial charge on any atom is 0.0759 e. The van der Waals surface area contributed by atoms with E-state index in [1.165, 1.54) is 5.56 Å². The van der Waals surface area contributed by atoms with E-state index in [1.54, 1.807) is 0 Å². The highest BCUT2D eigenvalue weighted by Gasteiger charge is 2.13. The van der Waals surface area contributed by atoms with Gasteiger partial charge in [-0.05, 0) is 25.5 Å². The molecular formula is C13H19N5. The number of nitrogens with zero attached hydrogens (tertiary/aromatic N) is 4. The Hall–Kier alpha value is -1.75. The lowest BCUT2D eigenvalue weighted by molar-refractivity contribution is 0.534. The van der Waals surface area contributed by atoms with Crippen molar-refractivity contribution >= 4 is 0 Å². The van der Waals surface area contributed by atoms with Crippen LogP contribution in [0, 0.1) is 6.92 Å². The monoisotopic (exact) mass is 245 g/mol. The van der Waals surface area contributed by atoms with Crippen molar-refractivity contribution < 1.29 is 0 Å². The Morgan fingerprint density at radius 1 is 1.28 bits per heavy atom. The van der Waals surface area contributed by atoms with Crippen LogP contribution in [0.5, 0.6) is 0 Å². The lowest BCUT2D eigenvalue weighted by atomic mass is 10.1. The summed E-state index contributed by atoms with van der Waals surface area (Å²) in [4.78, 5) is 8.75. The zero-order chi connectivity index (χ0) is 13.0. The van der Waals surface area contributed by atoms with Gasteiger partial charge in [-0.25, -0.2) is 0 Å². The van der Waals surface area contributed by atoms with E-state index >= 15 is 0 Å². The standard InChI is InChI=1S/C13H19N5/c1-4-14-12(5-11-7-17-18(3)9-11)13-8-15-10(2)6-16-13/h6-9,12,14H,4-5H2,1-3H3. The van der Waals surface area contributed by atoms with Crippen LogP contribution in [-0.4, -0.2) is 26.3 Å². The van der Waals surface area contributed by atoms with Crippen molar-refractivity contribution in [2.24, 2.45) is 7.05 Å². The van der Waals surface area contributed by atoms with Gasteiger partial charge >= 0.3 is 0 Å². The van der Waals surface area contributed by atoms with Crippen molar-refractivity contribution in [1.82, 2.24) is 25.1 Å². The molecule has 0 aliphatic rings. The van der Waals surface area contributed by atoms with E-state index in [-0.39, 0.29) is 6.04 Å². The smallest absolute Gasteiger partial charge is 0.0759 e. The Balaban J connectivity index is 2.14. The number of hydrogen-bond acceptors (Lipinski definition) is 4. The second-order valence-electron chi connectivity index (χ2n) is 4.42. The van der Waals surface area contributed by atoms with Crippen LogP contribution in [0.25, 0.3) is 0 Å². The summed E-state index contributed by atoms with van der Waals surface area (Å²) in [5.74, 6) is 0. The summed E-state index contributed by atoms with van der Waals surface area (Å²) in [7, 11) is 1.93. The van der Waals surface area contributed by atoms with Crippen molar-refractivity contribution in [3.8, 4) is 0 Å². The first kappa shape index (κ1) is 12.7. The molecular weight excluding hydrogens is 226 g/mol. The number of aryl methyl sites for hydroxylation is 2. The fourth-order valence-corrected chi connectivity index (χ4v) is 1.92. The molecule has 0 aliphatic heterocycles. The molecule has 0 aliphatic carbocycles. The van der Waals surface area contributed by atoms with Gasteiger partial charge in [0.1, 0.15) is 0 Å². The first-order valence-corrected chi connectivity index (χ1v) is 6.18. The summed E-state index contributed by atoms with van der Waals surface area (Å²) < 4.78 is 1.82. The van der Waals surface area contributed by atoms with E-state index in [1.807, 2.05) is 43.4 Å². The van der Waals surface area contributed by atoms with Gasteiger partial charge in [0.25, 0.3) is 0 Å². The quantitative estimate of drug-likeness (QED) is 0.865. The summed E-state index contributed by atoms with van der Waals surface area (Å²) in [6, 6.07) is 0.187. The van der Waals surface area contributed by atoms with Gasteiger partial charge in [-0.1, -0.05) is 6.92 Å². The normalized spacial score (nSPS) is 12.6. The number of aromatic nitrogens is 4. The van der Waals surface area contributed by atoms with Crippen LogP contribution >= 0.6 is 0 Å². The molecule has 0 bridgehead atoms. The number of likely N-dealkylation sites (N-methyl/N-ethyl adjacent to an activating group) is 1. The van der Waals surface area contributed by atoms with Gasteiger partial charge in [0.05, 0.1) is 29.8 Å². The maximum atomic E-state index is 4.45. The predicted molar refractivity (Wildman–Crippen MR) is 70.1 cm³/mol. The Labute approximate surface area is 107 Å². The number of nitrogens with one attached hydrogen (secondary N) is 1. The predicted octanol–water partition coefficient (Wildman–Crippen LogP) is 1.41. The first-order valence-electron chi connectivity index (χ1n) is 6.18. The minimum Gasteiger partial charge on any atom is -0.309 e. The number of rotatable bonds is 5. The lowest BCUT2D eigenvalue weighted by Crippen LogP contribution is -2.24. The topological polar surface area (TPSA) is 55.6 Å². The summed E-state index contributed by atoms with van der Waals surface area (Å²) in [5, 5.41) is 7.63. The van der Waals surface area contributed by atoms with Gasteiger partial charge in [0, 0.05) is 19.4 Å². The molecule has 5 heteroatoms. The molecule has 96 valence electrons. The Morgan fingerprint density at radius 3 is 2.67 bits per heavy atom. The average molecular weight is 245 g/mol. The third-order valence-corrected chi connectivity index (χ3v) is 2.81. The SMILES string of the molecule is CCNC(Cc1cnn(C)c1)c1cnc(C)cn1. The highest BCUT2D eigenvalue weighted by Crippen LogP contribution is 2.15. The highest BCUT2D eigenvalue weighted by atomic mass is 15.2. The highest BCUT2D eigenvalue weighted by molar-refractivity contribution is 5.13. The van der Waals surface area contributed by atoms with Crippen LogP contribution < -0.4 is 5.32 Å². The molecule has 2 aromatic heterocycles. The van der Waals surface area contributed by atoms with Crippen molar-refractivity contribution in [1.29, 1.82) is 0 Å². The summed E-state index contributed by atoms with van der Waals surface area (Å²) in [6.45, 7) is 4.94. The van der Waals surface area contributed by atoms with Gasteiger partial charge in [-0.15, -0.1) is 0 Å². The maximum absolute atomic E-state index is 4.45. The van der Waals surface area contributed by atoms with E-state index in [4.69, 9.17) is 0 Å². The van der Waals surface area contributed by atoms with E-state index < -0.39 is 0 Å². The van der Waals surface area contributed by atoms with E-state index in [0.717, 1.165) is 24.4 Å².